The molecule has 1 aromatic heterocycles. The van der Waals surface area contributed by atoms with Gasteiger partial charge in [-0.2, -0.15) is 16.7 Å². The predicted octanol–water partition coefficient (Wildman–Crippen LogP) is 2.79. The fourth-order valence-corrected chi connectivity index (χ4v) is 4.26. The second kappa shape index (κ2) is 6.89. The van der Waals surface area contributed by atoms with E-state index in [-0.39, 0.29) is 18.0 Å². The Balaban J connectivity index is 1.60. The SMILES string of the molecule is CC(C)c1nc([C@@H]2CCCN2C(=O)NC[C@H]2CCSC2)no1. The van der Waals surface area contributed by atoms with Crippen LogP contribution in [0.1, 0.15) is 56.8 Å². The summed E-state index contributed by atoms with van der Waals surface area (Å²) in [5.41, 5.74) is 0. The number of likely N-dealkylation sites (tertiary alicyclic amines) is 1. The van der Waals surface area contributed by atoms with Crippen molar-refractivity contribution in [2.45, 2.75) is 45.1 Å². The number of amides is 2. The topological polar surface area (TPSA) is 71.3 Å². The van der Waals surface area contributed by atoms with E-state index < -0.39 is 0 Å². The van der Waals surface area contributed by atoms with Crippen molar-refractivity contribution in [2.24, 2.45) is 5.92 Å². The highest BCUT2D eigenvalue weighted by molar-refractivity contribution is 7.99. The van der Waals surface area contributed by atoms with Gasteiger partial charge in [-0.3, -0.25) is 0 Å². The number of aromatic nitrogens is 2. The number of carbonyl (C=O) groups excluding carboxylic acids is 1. The van der Waals surface area contributed by atoms with Crippen LogP contribution in [0.15, 0.2) is 4.52 Å². The van der Waals surface area contributed by atoms with E-state index in [1.807, 2.05) is 30.5 Å². The minimum absolute atomic E-state index is 0.00953. The Labute approximate surface area is 135 Å². The van der Waals surface area contributed by atoms with Gasteiger partial charge in [0.2, 0.25) is 5.89 Å². The third-order valence-corrected chi connectivity index (χ3v) is 5.56. The van der Waals surface area contributed by atoms with Gasteiger partial charge < -0.3 is 14.7 Å². The van der Waals surface area contributed by atoms with Crippen LogP contribution in [0.4, 0.5) is 4.79 Å². The summed E-state index contributed by atoms with van der Waals surface area (Å²) < 4.78 is 5.29. The Morgan fingerprint density at radius 3 is 3.05 bits per heavy atom. The summed E-state index contributed by atoms with van der Waals surface area (Å²) in [7, 11) is 0. The van der Waals surface area contributed by atoms with E-state index in [4.69, 9.17) is 4.52 Å². The maximum atomic E-state index is 12.4. The van der Waals surface area contributed by atoms with Crippen molar-refractivity contribution in [3.05, 3.63) is 11.7 Å². The zero-order valence-corrected chi connectivity index (χ0v) is 14.1. The van der Waals surface area contributed by atoms with Crippen molar-refractivity contribution in [3.8, 4) is 0 Å². The first-order chi connectivity index (χ1) is 10.6. The lowest BCUT2D eigenvalue weighted by molar-refractivity contribution is 0.188. The molecule has 0 bridgehead atoms. The van der Waals surface area contributed by atoms with E-state index in [2.05, 4.69) is 15.5 Å². The zero-order chi connectivity index (χ0) is 15.5. The van der Waals surface area contributed by atoms with Gasteiger partial charge in [0.15, 0.2) is 5.82 Å². The molecule has 6 nitrogen and oxygen atoms in total. The predicted molar refractivity (Wildman–Crippen MR) is 85.9 cm³/mol. The third kappa shape index (κ3) is 3.39. The molecule has 0 unspecified atom stereocenters. The van der Waals surface area contributed by atoms with Crippen molar-refractivity contribution in [2.75, 3.05) is 24.6 Å². The van der Waals surface area contributed by atoms with Gasteiger partial charge in [-0.1, -0.05) is 19.0 Å². The highest BCUT2D eigenvalue weighted by Crippen LogP contribution is 2.31. The summed E-state index contributed by atoms with van der Waals surface area (Å²) >= 11 is 1.97. The molecule has 2 saturated heterocycles. The van der Waals surface area contributed by atoms with Gasteiger partial charge in [0, 0.05) is 19.0 Å². The lowest BCUT2D eigenvalue weighted by Gasteiger charge is -2.23. The summed E-state index contributed by atoms with van der Waals surface area (Å²) in [6.07, 6.45) is 3.10. The zero-order valence-electron chi connectivity index (χ0n) is 13.2. The van der Waals surface area contributed by atoms with Gasteiger partial charge >= 0.3 is 6.03 Å². The van der Waals surface area contributed by atoms with Gasteiger partial charge in [0.25, 0.3) is 0 Å². The Hall–Kier alpha value is -1.24. The van der Waals surface area contributed by atoms with E-state index in [9.17, 15) is 4.79 Å². The highest BCUT2D eigenvalue weighted by Gasteiger charge is 2.34. The molecule has 7 heteroatoms. The number of thioether (sulfide) groups is 1. The van der Waals surface area contributed by atoms with Crippen LogP contribution >= 0.6 is 11.8 Å². The van der Waals surface area contributed by atoms with Crippen molar-refractivity contribution in [1.82, 2.24) is 20.4 Å². The van der Waals surface area contributed by atoms with Crippen molar-refractivity contribution in [3.63, 3.8) is 0 Å². The van der Waals surface area contributed by atoms with Crippen LogP contribution in [0, 0.1) is 5.92 Å². The number of nitrogens with zero attached hydrogens (tertiary/aromatic N) is 3. The molecular weight excluding hydrogens is 300 g/mol. The molecule has 0 radical (unpaired) electrons. The second-order valence-corrected chi connectivity index (χ2v) is 7.56. The highest BCUT2D eigenvalue weighted by atomic mass is 32.2. The normalized spacial score (nSPS) is 25.1. The van der Waals surface area contributed by atoms with Crippen LogP contribution in [-0.4, -0.2) is 45.7 Å². The molecule has 1 aromatic rings. The van der Waals surface area contributed by atoms with Crippen LogP contribution in [0.3, 0.4) is 0 Å². The van der Waals surface area contributed by atoms with Gasteiger partial charge in [-0.15, -0.1) is 0 Å². The molecule has 2 amide bonds. The van der Waals surface area contributed by atoms with Crippen molar-refractivity contribution in [1.29, 1.82) is 0 Å². The molecule has 2 fully saturated rings. The maximum absolute atomic E-state index is 12.4. The number of nitrogens with one attached hydrogen (secondary N) is 1. The molecule has 2 aliphatic heterocycles. The average molecular weight is 324 g/mol. The van der Waals surface area contributed by atoms with Gasteiger partial charge in [0.1, 0.15) is 0 Å². The first-order valence-corrected chi connectivity index (χ1v) is 9.26. The van der Waals surface area contributed by atoms with E-state index in [1.54, 1.807) is 0 Å². The molecule has 3 heterocycles. The fourth-order valence-electron chi connectivity index (χ4n) is 2.97. The van der Waals surface area contributed by atoms with Crippen molar-refractivity contribution < 1.29 is 9.32 Å². The molecule has 0 spiro atoms. The summed E-state index contributed by atoms with van der Waals surface area (Å²) in [6.45, 7) is 5.59. The quantitative estimate of drug-likeness (QED) is 0.922. The minimum atomic E-state index is -0.0470. The van der Waals surface area contributed by atoms with Crippen LogP contribution < -0.4 is 5.32 Å². The Kier molecular flexibility index (Phi) is 4.90. The molecule has 122 valence electrons. The molecular formula is C15H24N4O2S. The molecule has 2 atom stereocenters. The first kappa shape index (κ1) is 15.6. The molecule has 3 rings (SSSR count). The van der Waals surface area contributed by atoms with E-state index >= 15 is 0 Å². The van der Waals surface area contributed by atoms with E-state index in [1.165, 1.54) is 12.2 Å². The Morgan fingerprint density at radius 2 is 2.36 bits per heavy atom. The lowest BCUT2D eigenvalue weighted by Crippen LogP contribution is -2.41. The van der Waals surface area contributed by atoms with E-state index in [0.29, 0.717) is 17.6 Å². The molecule has 22 heavy (non-hydrogen) atoms. The fraction of sp³-hybridized carbons (Fsp3) is 0.800. The summed E-state index contributed by atoms with van der Waals surface area (Å²) in [5.74, 6) is 4.50. The number of urea groups is 1. The van der Waals surface area contributed by atoms with Gasteiger partial charge in [-0.25, -0.2) is 4.79 Å². The number of hydrogen-bond acceptors (Lipinski definition) is 5. The number of rotatable bonds is 4. The first-order valence-electron chi connectivity index (χ1n) is 8.11. The number of carbonyl (C=O) groups is 1. The molecule has 2 aliphatic rings. The van der Waals surface area contributed by atoms with Crippen LogP contribution in [-0.2, 0) is 0 Å². The largest absolute Gasteiger partial charge is 0.339 e. The number of hydrogen-bond donors (Lipinski definition) is 1. The van der Waals surface area contributed by atoms with Crippen molar-refractivity contribution >= 4 is 17.8 Å². The molecule has 0 saturated carbocycles. The van der Waals surface area contributed by atoms with Crippen LogP contribution in [0.2, 0.25) is 0 Å². The van der Waals surface area contributed by atoms with Gasteiger partial charge in [-0.05, 0) is 36.7 Å². The summed E-state index contributed by atoms with van der Waals surface area (Å²) in [6, 6.07) is -0.0375. The van der Waals surface area contributed by atoms with Gasteiger partial charge in [0.05, 0.1) is 6.04 Å². The standard InChI is InChI=1S/C15H24N4O2S/c1-10(2)14-17-13(18-21-14)12-4-3-6-19(12)15(20)16-8-11-5-7-22-9-11/h10-12H,3-9H2,1-2H3,(H,16,20)/t11-,12+/m1/s1. The summed E-state index contributed by atoms with van der Waals surface area (Å²) in [4.78, 5) is 18.8. The second-order valence-electron chi connectivity index (χ2n) is 6.41. The summed E-state index contributed by atoms with van der Waals surface area (Å²) in [5, 5.41) is 7.16. The minimum Gasteiger partial charge on any atom is -0.339 e. The third-order valence-electron chi connectivity index (χ3n) is 4.33. The molecule has 0 aliphatic carbocycles. The molecule has 1 N–H and O–H groups in total. The molecule has 0 aromatic carbocycles. The maximum Gasteiger partial charge on any atom is 0.318 e. The van der Waals surface area contributed by atoms with Crippen LogP contribution in [0.5, 0.6) is 0 Å². The Bertz CT molecular complexity index is 513. The average Bonchev–Trinajstić information content (AvgIpc) is 3.23. The smallest absolute Gasteiger partial charge is 0.318 e. The Morgan fingerprint density at radius 1 is 1.50 bits per heavy atom. The van der Waals surface area contributed by atoms with E-state index in [0.717, 1.165) is 31.7 Å². The van der Waals surface area contributed by atoms with Crippen LogP contribution in [0.25, 0.3) is 0 Å². The lowest BCUT2D eigenvalue weighted by atomic mass is 10.1. The monoisotopic (exact) mass is 324 g/mol.